The van der Waals surface area contributed by atoms with Gasteiger partial charge in [-0.15, -0.1) is 0 Å². The standard InChI is InChI=1S/C25H29F4N3O3/c1-15-7-5-6-8-20(15)31-21-9-10-32(23(34)35-24(2,3)4)14-19(21)22(33)30-18-12-16(25(27,28)29)11-17(26)13-18/h5-8,11-13,19,21,31H,9-10,14H2,1-4H3,(H,30,33)/t19-,21-/m0/s1. The number of amides is 2. The minimum atomic E-state index is -4.77. The normalized spacial score (nSPS) is 18.7. The van der Waals surface area contributed by atoms with Crippen molar-refractivity contribution in [1.29, 1.82) is 0 Å². The van der Waals surface area contributed by atoms with Crippen molar-refractivity contribution in [3.8, 4) is 0 Å². The third kappa shape index (κ3) is 7.10. The van der Waals surface area contributed by atoms with E-state index < -0.39 is 47.1 Å². The summed E-state index contributed by atoms with van der Waals surface area (Å²) >= 11 is 0. The highest BCUT2D eigenvalue weighted by Gasteiger charge is 2.38. The van der Waals surface area contributed by atoms with E-state index in [9.17, 15) is 27.2 Å². The van der Waals surface area contributed by atoms with Gasteiger partial charge in [-0.3, -0.25) is 4.79 Å². The van der Waals surface area contributed by atoms with Gasteiger partial charge in [-0.2, -0.15) is 13.2 Å². The first kappa shape index (κ1) is 26.3. The number of nitrogens with one attached hydrogen (secondary N) is 2. The number of ether oxygens (including phenoxy) is 1. The number of aryl methyl sites for hydroxylation is 1. The van der Waals surface area contributed by atoms with Crippen LogP contribution in [0.3, 0.4) is 0 Å². The molecule has 2 atom stereocenters. The largest absolute Gasteiger partial charge is 0.444 e. The predicted octanol–water partition coefficient (Wildman–Crippen LogP) is 5.83. The second-order valence-electron chi connectivity index (χ2n) is 9.60. The zero-order valence-electron chi connectivity index (χ0n) is 20.0. The van der Waals surface area contributed by atoms with Crippen LogP contribution in [0.1, 0.15) is 38.3 Å². The van der Waals surface area contributed by atoms with Crippen LogP contribution in [0.25, 0.3) is 0 Å². The molecule has 0 spiro atoms. The van der Waals surface area contributed by atoms with E-state index in [1.54, 1.807) is 20.8 Å². The minimum absolute atomic E-state index is 0.0221. The van der Waals surface area contributed by atoms with Gasteiger partial charge in [0.2, 0.25) is 5.91 Å². The van der Waals surface area contributed by atoms with Gasteiger partial charge in [-0.25, -0.2) is 9.18 Å². The Labute approximate surface area is 201 Å². The SMILES string of the molecule is Cc1ccccc1N[C@H]1CCN(C(=O)OC(C)(C)C)C[C@@H]1C(=O)Nc1cc(F)cc(C(F)(F)F)c1. The van der Waals surface area contributed by atoms with Crippen molar-refractivity contribution < 1.29 is 31.9 Å². The lowest BCUT2D eigenvalue weighted by Gasteiger charge is -2.39. The van der Waals surface area contributed by atoms with Crippen LogP contribution >= 0.6 is 0 Å². The Morgan fingerprint density at radius 1 is 1.09 bits per heavy atom. The van der Waals surface area contributed by atoms with Crippen LogP contribution in [0.15, 0.2) is 42.5 Å². The Bertz CT molecular complexity index is 1080. The van der Waals surface area contributed by atoms with Gasteiger partial charge in [0.25, 0.3) is 0 Å². The summed E-state index contributed by atoms with van der Waals surface area (Å²) in [7, 11) is 0. The molecule has 2 N–H and O–H groups in total. The number of anilines is 2. The number of benzene rings is 2. The van der Waals surface area contributed by atoms with E-state index in [1.807, 2.05) is 31.2 Å². The molecule has 1 aliphatic heterocycles. The van der Waals surface area contributed by atoms with Crippen LogP contribution in [0.4, 0.5) is 33.7 Å². The highest BCUT2D eigenvalue weighted by atomic mass is 19.4. The fraction of sp³-hybridized carbons (Fsp3) is 0.440. The minimum Gasteiger partial charge on any atom is -0.444 e. The highest BCUT2D eigenvalue weighted by Crippen LogP contribution is 2.32. The summed E-state index contributed by atoms with van der Waals surface area (Å²) < 4.78 is 58.6. The first-order valence-electron chi connectivity index (χ1n) is 11.2. The lowest BCUT2D eigenvalue weighted by atomic mass is 9.90. The predicted molar refractivity (Wildman–Crippen MR) is 125 cm³/mol. The molecule has 1 saturated heterocycles. The molecule has 0 unspecified atom stereocenters. The first-order chi connectivity index (χ1) is 16.2. The molecule has 6 nitrogen and oxygen atoms in total. The fourth-order valence-electron chi connectivity index (χ4n) is 3.88. The van der Waals surface area contributed by atoms with E-state index in [4.69, 9.17) is 4.74 Å². The Kier molecular flexibility index (Phi) is 7.62. The number of rotatable bonds is 4. The number of alkyl halides is 3. The molecule has 3 rings (SSSR count). The molecule has 0 aliphatic carbocycles. The number of carbonyl (C=O) groups is 2. The van der Waals surface area contributed by atoms with Crippen molar-refractivity contribution in [1.82, 2.24) is 4.90 Å². The maximum Gasteiger partial charge on any atom is 0.416 e. The number of likely N-dealkylation sites (tertiary alicyclic amines) is 1. The van der Waals surface area contributed by atoms with Crippen molar-refractivity contribution in [2.75, 3.05) is 23.7 Å². The molecule has 0 aromatic heterocycles. The second-order valence-corrected chi connectivity index (χ2v) is 9.60. The van der Waals surface area contributed by atoms with Gasteiger partial charge in [0.05, 0.1) is 11.5 Å². The van der Waals surface area contributed by atoms with Crippen LogP contribution in [0.5, 0.6) is 0 Å². The van der Waals surface area contributed by atoms with Crippen LogP contribution < -0.4 is 10.6 Å². The maximum absolute atomic E-state index is 13.9. The molecule has 1 fully saturated rings. The Morgan fingerprint density at radius 3 is 2.40 bits per heavy atom. The smallest absolute Gasteiger partial charge is 0.416 e. The van der Waals surface area contributed by atoms with Gasteiger partial charge in [-0.1, -0.05) is 18.2 Å². The van der Waals surface area contributed by atoms with E-state index in [1.165, 1.54) is 4.90 Å². The van der Waals surface area contributed by atoms with E-state index >= 15 is 0 Å². The van der Waals surface area contributed by atoms with Crippen molar-refractivity contribution in [3.05, 3.63) is 59.4 Å². The molecule has 2 aromatic rings. The second kappa shape index (κ2) is 10.1. The Hall–Kier alpha value is -3.30. The molecule has 0 radical (unpaired) electrons. The number of carbonyl (C=O) groups excluding carboxylic acids is 2. The molecule has 1 aliphatic rings. The van der Waals surface area contributed by atoms with Crippen LogP contribution in [-0.4, -0.2) is 41.6 Å². The lowest BCUT2D eigenvalue weighted by molar-refractivity contribution is -0.137. The van der Waals surface area contributed by atoms with E-state index in [-0.39, 0.29) is 12.2 Å². The van der Waals surface area contributed by atoms with Crippen molar-refractivity contribution in [3.63, 3.8) is 0 Å². The summed E-state index contributed by atoms with van der Waals surface area (Å²) in [5.74, 6) is -2.60. The van der Waals surface area contributed by atoms with Gasteiger partial charge >= 0.3 is 12.3 Å². The average molecular weight is 496 g/mol. The van der Waals surface area contributed by atoms with E-state index in [0.717, 1.165) is 17.3 Å². The molecule has 2 amide bonds. The number of hydrogen-bond acceptors (Lipinski definition) is 4. The quantitative estimate of drug-likeness (QED) is 0.524. The zero-order valence-corrected chi connectivity index (χ0v) is 20.0. The summed E-state index contributed by atoms with van der Waals surface area (Å²) in [6.45, 7) is 7.38. The molecular weight excluding hydrogens is 466 g/mol. The Balaban J connectivity index is 1.85. The zero-order chi connectivity index (χ0) is 26.0. The van der Waals surface area contributed by atoms with Gasteiger partial charge in [0, 0.05) is 30.5 Å². The topological polar surface area (TPSA) is 70.7 Å². The monoisotopic (exact) mass is 495 g/mol. The molecule has 10 heteroatoms. The van der Waals surface area contributed by atoms with Crippen molar-refractivity contribution in [2.45, 2.75) is 51.9 Å². The van der Waals surface area contributed by atoms with Crippen LogP contribution in [-0.2, 0) is 15.7 Å². The molecule has 0 saturated carbocycles. The number of para-hydroxylation sites is 1. The van der Waals surface area contributed by atoms with Gasteiger partial charge < -0.3 is 20.3 Å². The Morgan fingerprint density at radius 2 is 1.77 bits per heavy atom. The van der Waals surface area contributed by atoms with Crippen LogP contribution in [0, 0.1) is 18.7 Å². The third-order valence-corrected chi connectivity index (χ3v) is 5.58. The molecule has 35 heavy (non-hydrogen) atoms. The third-order valence-electron chi connectivity index (χ3n) is 5.58. The summed E-state index contributed by atoms with van der Waals surface area (Å²) in [5, 5.41) is 5.73. The first-order valence-corrected chi connectivity index (χ1v) is 11.2. The van der Waals surface area contributed by atoms with Crippen molar-refractivity contribution >= 4 is 23.4 Å². The summed E-state index contributed by atoms with van der Waals surface area (Å²) in [6, 6.07) is 8.91. The summed E-state index contributed by atoms with van der Waals surface area (Å²) in [5.41, 5.74) is -0.513. The molecule has 190 valence electrons. The van der Waals surface area contributed by atoms with Crippen LogP contribution in [0.2, 0.25) is 0 Å². The molecule has 0 bridgehead atoms. The summed E-state index contributed by atoms with van der Waals surface area (Å²) in [6.07, 6.45) is -4.97. The van der Waals surface area contributed by atoms with Crippen molar-refractivity contribution in [2.24, 2.45) is 5.92 Å². The number of halogens is 4. The molecule has 1 heterocycles. The number of hydrogen-bond donors (Lipinski definition) is 2. The molecular formula is C25H29F4N3O3. The van der Waals surface area contributed by atoms with Gasteiger partial charge in [-0.05, 0) is 63.9 Å². The molecule has 2 aromatic carbocycles. The summed E-state index contributed by atoms with van der Waals surface area (Å²) in [4.78, 5) is 27.3. The maximum atomic E-state index is 13.9. The fourth-order valence-corrected chi connectivity index (χ4v) is 3.88. The highest BCUT2D eigenvalue weighted by molar-refractivity contribution is 5.94. The van der Waals surface area contributed by atoms with E-state index in [0.29, 0.717) is 25.1 Å². The van der Waals surface area contributed by atoms with Gasteiger partial charge in [0.15, 0.2) is 0 Å². The number of nitrogens with zero attached hydrogens (tertiary/aromatic N) is 1. The average Bonchev–Trinajstić information content (AvgIpc) is 2.73. The van der Waals surface area contributed by atoms with Gasteiger partial charge in [0.1, 0.15) is 11.4 Å². The lowest BCUT2D eigenvalue weighted by Crippen LogP contribution is -2.53. The number of piperidine rings is 1. The van der Waals surface area contributed by atoms with E-state index in [2.05, 4.69) is 10.6 Å².